The molecule has 1 atom stereocenters. The second-order valence-corrected chi connectivity index (χ2v) is 6.38. The van der Waals surface area contributed by atoms with Crippen LogP contribution in [0.5, 0.6) is 11.5 Å². The van der Waals surface area contributed by atoms with Crippen LogP contribution in [0.1, 0.15) is 0 Å². The molecule has 6 heteroatoms. The molecule has 140 valence electrons. The van der Waals surface area contributed by atoms with E-state index in [4.69, 9.17) is 9.47 Å². The molecule has 0 radical (unpaired) electrons. The highest BCUT2D eigenvalue weighted by Crippen LogP contribution is 2.25. The van der Waals surface area contributed by atoms with E-state index in [1.807, 2.05) is 24.3 Å². The summed E-state index contributed by atoms with van der Waals surface area (Å²) < 4.78 is 24.0. The zero-order chi connectivity index (χ0) is 18.4. The molecule has 1 N–H and O–H groups in total. The lowest BCUT2D eigenvalue weighted by Crippen LogP contribution is -2.49. The average Bonchev–Trinajstić information content (AvgIpc) is 2.68. The van der Waals surface area contributed by atoms with Gasteiger partial charge in [0, 0.05) is 38.4 Å². The minimum absolute atomic E-state index is 0.217. The van der Waals surface area contributed by atoms with Gasteiger partial charge in [0.1, 0.15) is 18.5 Å². The number of para-hydroxylation sites is 2. The van der Waals surface area contributed by atoms with Crippen molar-refractivity contribution in [2.75, 3.05) is 51.3 Å². The summed E-state index contributed by atoms with van der Waals surface area (Å²) in [6.07, 6.45) is -0.572. The maximum atomic E-state index is 13.0. The third-order valence-electron chi connectivity index (χ3n) is 4.53. The van der Waals surface area contributed by atoms with Crippen LogP contribution in [0.2, 0.25) is 0 Å². The highest BCUT2D eigenvalue weighted by Gasteiger charge is 2.20. The summed E-state index contributed by atoms with van der Waals surface area (Å²) in [6.45, 7) is 4.19. The van der Waals surface area contributed by atoms with Gasteiger partial charge in [0.15, 0.2) is 11.5 Å². The van der Waals surface area contributed by atoms with E-state index in [0.29, 0.717) is 18.0 Å². The Morgan fingerprint density at radius 3 is 2.31 bits per heavy atom. The van der Waals surface area contributed by atoms with Gasteiger partial charge in [-0.2, -0.15) is 0 Å². The number of piperazine rings is 1. The topological polar surface area (TPSA) is 45.2 Å². The molecule has 1 fully saturated rings. The number of β-amino-alcohol motifs (C(OH)–C–C–N with tert-alkyl or cyclic N) is 1. The number of halogens is 1. The van der Waals surface area contributed by atoms with Crippen LogP contribution in [-0.4, -0.2) is 62.6 Å². The molecule has 1 aliphatic heterocycles. The lowest BCUT2D eigenvalue weighted by molar-refractivity contribution is 0.0653. The van der Waals surface area contributed by atoms with E-state index in [1.165, 1.54) is 12.1 Å². The van der Waals surface area contributed by atoms with E-state index in [2.05, 4.69) is 9.80 Å². The first-order chi connectivity index (χ1) is 12.7. The number of hydrogen-bond acceptors (Lipinski definition) is 5. The number of aliphatic hydroxyl groups is 1. The van der Waals surface area contributed by atoms with Crippen LogP contribution in [0.3, 0.4) is 0 Å². The van der Waals surface area contributed by atoms with Crippen molar-refractivity contribution in [1.82, 2.24) is 4.90 Å². The van der Waals surface area contributed by atoms with Gasteiger partial charge in [-0.15, -0.1) is 0 Å². The standard InChI is InChI=1S/C20H25FN2O3/c1-25-19-4-2-3-5-20(19)26-15-18(24)14-22-10-12-23(13-11-22)17-8-6-16(21)7-9-17/h2-9,18,24H,10-15H2,1H3/t18-/m1/s1. The molecule has 2 aromatic carbocycles. The van der Waals surface area contributed by atoms with E-state index < -0.39 is 6.10 Å². The first-order valence-corrected chi connectivity index (χ1v) is 8.82. The van der Waals surface area contributed by atoms with E-state index in [-0.39, 0.29) is 12.4 Å². The molecule has 1 heterocycles. The molecule has 0 unspecified atom stereocenters. The zero-order valence-electron chi connectivity index (χ0n) is 15.0. The van der Waals surface area contributed by atoms with Crippen molar-refractivity contribution >= 4 is 5.69 Å². The number of nitrogens with zero attached hydrogens (tertiary/aromatic N) is 2. The minimum Gasteiger partial charge on any atom is -0.493 e. The Kier molecular flexibility index (Phi) is 6.30. The van der Waals surface area contributed by atoms with Crippen LogP contribution >= 0.6 is 0 Å². The number of hydrogen-bond donors (Lipinski definition) is 1. The molecule has 0 amide bonds. The van der Waals surface area contributed by atoms with Gasteiger partial charge in [-0.05, 0) is 36.4 Å². The fourth-order valence-corrected chi connectivity index (χ4v) is 3.12. The van der Waals surface area contributed by atoms with Gasteiger partial charge in [-0.1, -0.05) is 12.1 Å². The van der Waals surface area contributed by atoms with Crippen molar-refractivity contribution in [3.05, 3.63) is 54.3 Å². The quantitative estimate of drug-likeness (QED) is 0.822. The van der Waals surface area contributed by atoms with Gasteiger partial charge in [-0.25, -0.2) is 4.39 Å². The van der Waals surface area contributed by atoms with Crippen LogP contribution in [0.25, 0.3) is 0 Å². The van der Waals surface area contributed by atoms with Crippen molar-refractivity contribution in [3.8, 4) is 11.5 Å². The number of rotatable bonds is 7. The predicted octanol–water partition coefficient (Wildman–Crippen LogP) is 2.40. The molecule has 0 spiro atoms. The number of benzene rings is 2. The maximum Gasteiger partial charge on any atom is 0.161 e. The summed E-state index contributed by atoms with van der Waals surface area (Å²) in [5.41, 5.74) is 1.03. The second-order valence-electron chi connectivity index (χ2n) is 6.38. The largest absolute Gasteiger partial charge is 0.493 e. The first kappa shape index (κ1) is 18.5. The third kappa shape index (κ3) is 4.86. The number of anilines is 1. The fraction of sp³-hybridized carbons (Fsp3) is 0.400. The molecule has 0 saturated carbocycles. The summed E-state index contributed by atoms with van der Waals surface area (Å²) in [5, 5.41) is 10.3. The molecule has 1 saturated heterocycles. The number of aliphatic hydroxyl groups excluding tert-OH is 1. The SMILES string of the molecule is COc1ccccc1OC[C@H](O)CN1CCN(c2ccc(F)cc2)CC1. The van der Waals surface area contributed by atoms with Gasteiger partial charge in [0.05, 0.1) is 7.11 Å². The zero-order valence-corrected chi connectivity index (χ0v) is 15.0. The Morgan fingerprint density at radius 1 is 1.00 bits per heavy atom. The number of ether oxygens (including phenoxy) is 2. The van der Waals surface area contributed by atoms with Gasteiger partial charge >= 0.3 is 0 Å². The van der Waals surface area contributed by atoms with Crippen LogP contribution in [0.15, 0.2) is 48.5 Å². The molecule has 0 aromatic heterocycles. The molecular weight excluding hydrogens is 335 g/mol. The molecular formula is C20H25FN2O3. The third-order valence-corrected chi connectivity index (χ3v) is 4.53. The van der Waals surface area contributed by atoms with Crippen molar-refractivity contribution in [2.45, 2.75) is 6.10 Å². The molecule has 0 aliphatic carbocycles. The Hall–Kier alpha value is -2.31. The Labute approximate surface area is 153 Å². The minimum atomic E-state index is -0.572. The van der Waals surface area contributed by atoms with Crippen molar-refractivity contribution in [3.63, 3.8) is 0 Å². The van der Waals surface area contributed by atoms with Gasteiger partial charge in [0.2, 0.25) is 0 Å². The van der Waals surface area contributed by atoms with Gasteiger partial charge in [-0.3, -0.25) is 4.90 Å². The molecule has 2 aromatic rings. The Balaban J connectivity index is 1.43. The Bertz CT molecular complexity index is 688. The van der Waals surface area contributed by atoms with Crippen LogP contribution in [0, 0.1) is 5.82 Å². The van der Waals surface area contributed by atoms with Crippen molar-refractivity contribution < 1.29 is 19.0 Å². The van der Waals surface area contributed by atoms with E-state index >= 15 is 0 Å². The highest BCUT2D eigenvalue weighted by atomic mass is 19.1. The van der Waals surface area contributed by atoms with E-state index in [9.17, 15) is 9.50 Å². The van der Waals surface area contributed by atoms with Crippen molar-refractivity contribution in [1.29, 1.82) is 0 Å². The summed E-state index contributed by atoms with van der Waals surface area (Å²) in [4.78, 5) is 4.45. The fourth-order valence-electron chi connectivity index (χ4n) is 3.12. The van der Waals surface area contributed by atoms with Crippen molar-refractivity contribution in [2.24, 2.45) is 0 Å². The number of methoxy groups -OCH3 is 1. The highest BCUT2D eigenvalue weighted by molar-refractivity contribution is 5.46. The van der Waals surface area contributed by atoms with E-state index in [0.717, 1.165) is 31.9 Å². The van der Waals surface area contributed by atoms with E-state index in [1.54, 1.807) is 19.2 Å². The van der Waals surface area contributed by atoms with Crippen LogP contribution in [-0.2, 0) is 0 Å². The smallest absolute Gasteiger partial charge is 0.161 e. The summed E-state index contributed by atoms with van der Waals surface area (Å²) in [7, 11) is 1.60. The maximum absolute atomic E-state index is 13.0. The van der Waals surface area contributed by atoms with Crippen LogP contribution in [0.4, 0.5) is 10.1 Å². The van der Waals surface area contributed by atoms with Crippen LogP contribution < -0.4 is 14.4 Å². The molecule has 3 rings (SSSR count). The summed E-state index contributed by atoms with van der Waals surface area (Å²) >= 11 is 0. The first-order valence-electron chi connectivity index (χ1n) is 8.82. The molecule has 26 heavy (non-hydrogen) atoms. The normalized spacial score (nSPS) is 16.3. The summed E-state index contributed by atoms with van der Waals surface area (Å²) in [5.74, 6) is 1.08. The second kappa shape index (κ2) is 8.87. The molecule has 1 aliphatic rings. The monoisotopic (exact) mass is 360 g/mol. The summed E-state index contributed by atoms with van der Waals surface area (Å²) in [6, 6.07) is 14.0. The van der Waals surface area contributed by atoms with Gasteiger partial charge in [0.25, 0.3) is 0 Å². The lowest BCUT2D eigenvalue weighted by atomic mass is 10.2. The predicted molar refractivity (Wildman–Crippen MR) is 99.5 cm³/mol. The molecule has 0 bridgehead atoms. The molecule has 5 nitrogen and oxygen atoms in total. The Morgan fingerprint density at radius 2 is 1.65 bits per heavy atom. The van der Waals surface area contributed by atoms with Gasteiger partial charge < -0.3 is 19.5 Å². The lowest BCUT2D eigenvalue weighted by Gasteiger charge is -2.36. The average molecular weight is 360 g/mol.